The molecule has 0 aromatic carbocycles. The first-order chi connectivity index (χ1) is 8.65. The van der Waals surface area contributed by atoms with Crippen LogP contribution in [0.5, 0.6) is 0 Å². The van der Waals surface area contributed by atoms with Gasteiger partial charge in [-0.25, -0.2) is 4.79 Å². The molecular formula is C13H12N2O3. The van der Waals surface area contributed by atoms with Crippen molar-refractivity contribution in [3.63, 3.8) is 0 Å². The first-order valence-electron chi connectivity index (χ1n) is 5.74. The van der Waals surface area contributed by atoms with E-state index in [1.165, 1.54) is 6.08 Å². The van der Waals surface area contributed by atoms with Gasteiger partial charge in [0, 0.05) is 30.3 Å². The predicted molar refractivity (Wildman–Crippen MR) is 64.2 cm³/mol. The lowest BCUT2D eigenvalue weighted by atomic mass is 9.83. The second-order valence-electron chi connectivity index (χ2n) is 4.53. The van der Waals surface area contributed by atoms with E-state index >= 15 is 0 Å². The van der Waals surface area contributed by atoms with Crippen LogP contribution in [0.2, 0.25) is 0 Å². The molecule has 0 saturated heterocycles. The van der Waals surface area contributed by atoms with Crippen molar-refractivity contribution in [1.29, 1.82) is 0 Å². The standard InChI is InChI=1S/C13H12N2O3/c16-11-5-7-2-1-3-9-12(7)8(6-14-9)4-10(15-11)13(17)18/h1-3,5-6,10,12,14H,4H2,(H,15,16)(H,17,18)/b7-5-. The summed E-state index contributed by atoms with van der Waals surface area (Å²) >= 11 is 0. The summed E-state index contributed by atoms with van der Waals surface area (Å²) in [5, 5.41) is 14.7. The number of nitrogens with one attached hydrogen (secondary N) is 2. The van der Waals surface area contributed by atoms with Crippen molar-refractivity contribution < 1.29 is 14.7 Å². The summed E-state index contributed by atoms with van der Waals surface area (Å²) in [7, 11) is 0. The van der Waals surface area contributed by atoms with E-state index in [0.717, 1.165) is 16.8 Å². The fourth-order valence-electron chi connectivity index (χ4n) is 2.55. The van der Waals surface area contributed by atoms with Crippen molar-refractivity contribution in [2.45, 2.75) is 12.5 Å². The van der Waals surface area contributed by atoms with E-state index in [0.29, 0.717) is 6.42 Å². The van der Waals surface area contributed by atoms with Crippen LogP contribution in [-0.2, 0) is 9.59 Å². The highest BCUT2D eigenvalue weighted by Gasteiger charge is 2.34. The van der Waals surface area contributed by atoms with Gasteiger partial charge in [0.1, 0.15) is 6.04 Å². The number of carbonyl (C=O) groups excluding carboxylic acids is 1. The summed E-state index contributed by atoms with van der Waals surface area (Å²) in [6.07, 6.45) is 9.34. The van der Waals surface area contributed by atoms with Crippen molar-refractivity contribution >= 4 is 11.9 Å². The highest BCUT2D eigenvalue weighted by atomic mass is 16.4. The molecule has 18 heavy (non-hydrogen) atoms. The molecule has 0 radical (unpaired) electrons. The van der Waals surface area contributed by atoms with Crippen LogP contribution >= 0.6 is 0 Å². The molecule has 3 aliphatic rings. The van der Waals surface area contributed by atoms with Gasteiger partial charge in [-0.1, -0.05) is 12.2 Å². The van der Waals surface area contributed by atoms with Gasteiger partial charge in [-0.2, -0.15) is 0 Å². The average molecular weight is 244 g/mol. The number of carboxylic acid groups (broad SMARTS) is 1. The monoisotopic (exact) mass is 244 g/mol. The van der Waals surface area contributed by atoms with Crippen LogP contribution in [0.3, 0.4) is 0 Å². The quantitative estimate of drug-likeness (QED) is 0.625. The minimum Gasteiger partial charge on any atom is -0.480 e. The normalized spacial score (nSPS) is 31.8. The number of amides is 1. The van der Waals surface area contributed by atoms with E-state index < -0.39 is 12.0 Å². The lowest BCUT2D eigenvalue weighted by Gasteiger charge is -2.25. The largest absolute Gasteiger partial charge is 0.480 e. The molecule has 92 valence electrons. The Hall–Kier alpha value is -2.30. The third-order valence-electron chi connectivity index (χ3n) is 3.36. The van der Waals surface area contributed by atoms with E-state index in [1.807, 2.05) is 24.4 Å². The first kappa shape index (κ1) is 10.8. The Bertz CT molecular complexity index is 555. The van der Waals surface area contributed by atoms with Crippen LogP contribution in [0.1, 0.15) is 6.42 Å². The van der Waals surface area contributed by atoms with E-state index in [9.17, 15) is 9.59 Å². The zero-order valence-corrected chi connectivity index (χ0v) is 9.51. The number of aliphatic carboxylic acids is 1. The van der Waals surface area contributed by atoms with Crippen molar-refractivity contribution in [1.82, 2.24) is 10.6 Å². The van der Waals surface area contributed by atoms with E-state index in [2.05, 4.69) is 10.6 Å². The van der Waals surface area contributed by atoms with Gasteiger partial charge in [0.05, 0.1) is 0 Å². The van der Waals surface area contributed by atoms with Gasteiger partial charge in [0.25, 0.3) is 0 Å². The van der Waals surface area contributed by atoms with Gasteiger partial charge in [-0.05, 0) is 17.2 Å². The van der Waals surface area contributed by atoms with Crippen molar-refractivity contribution in [2.75, 3.05) is 0 Å². The summed E-state index contributed by atoms with van der Waals surface area (Å²) < 4.78 is 0. The third kappa shape index (κ3) is 1.64. The fourth-order valence-corrected chi connectivity index (χ4v) is 2.55. The number of allylic oxidation sites excluding steroid dienone is 4. The zero-order chi connectivity index (χ0) is 12.7. The smallest absolute Gasteiger partial charge is 0.326 e. The van der Waals surface area contributed by atoms with Gasteiger partial charge >= 0.3 is 5.97 Å². The average Bonchev–Trinajstić information content (AvgIpc) is 2.70. The molecule has 1 aliphatic carbocycles. The van der Waals surface area contributed by atoms with Gasteiger partial charge in [-0.15, -0.1) is 0 Å². The Balaban J connectivity index is 2.03. The number of carbonyl (C=O) groups is 2. The Morgan fingerprint density at radius 2 is 2.28 bits per heavy atom. The molecule has 2 atom stereocenters. The van der Waals surface area contributed by atoms with Crippen LogP contribution in [0, 0.1) is 5.92 Å². The number of hydrogen-bond donors (Lipinski definition) is 3. The molecule has 1 amide bonds. The Labute approximate surface area is 104 Å². The molecule has 0 aromatic heterocycles. The molecule has 2 unspecified atom stereocenters. The third-order valence-corrected chi connectivity index (χ3v) is 3.36. The van der Waals surface area contributed by atoms with Crippen LogP contribution in [0.25, 0.3) is 0 Å². The summed E-state index contributed by atoms with van der Waals surface area (Å²) in [6, 6.07) is -0.867. The predicted octanol–water partition coefficient (Wildman–Crippen LogP) is 0.443. The molecule has 3 rings (SSSR count). The minimum absolute atomic E-state index is 0.00269. The second-order valence-corrected chi connectivity index (χ2v) is 4.53. The van der Waals surface area contributed by atoms with Gasteiger partial charge in [-0.3, -0.25) is 4.79 Å². The molecule has 0 spiro atoms. The molecule has 5 heteroatoms. The molecular weight excluding hydrogens is 232 g/mol. The maximum absolute atomic E-state index is 11.7. The van der Waals surface area contributed by atoms with E-state index in [-0.39, 0.29) is 11.8 Å². The van der Waals surface area contributed by atoms with Gasteiger partial charge in [0.15, 0.2) is 0 Å². The maximum Gasteiger partial charge on any atom is 0.326 e. The van der Waals surface area contributed by atoms with Crippen LogP contribution in [0.4, 0.5) is 0 Å². The second kappa shape index (κ2) is 3.87. The van der Waals surface area contributed by atoms with Crippen LogP contribution < -0.4 is 10.6 Å². The van der Waals surface area contributed by atoms with Crippen molar-refractivity contribution in [3.8, 4) is 0 Å². The fraction of sp³-hybridized carbons (Fsp3) is 0.231. The zero-order valence-electron chi connectivity index (χ0n) is 9.51. The van der Waals surface area contributed by atoms with Crippen LogP contribution in [0.15, 0.2) is 47.3 Å². The van der Waals surface area contributed by atoms with E-state index in [1.54, 1.807) is 0 Å². The first-order valence-corrected chi connectivity index (χ1v) is 5.74. The number of hydrogen-bond acceptors (Lipinski definition) is 3. The lowest BCUT2D eigenvalue weighted by Crippen LogP contribution is -2.42. The SMILES string of the molecule is O=C1/C=C2/C=CC=C3NC=C(CC(C(=O)O)N1)C32. The molecule has 0 fully saturated rings. The summed E-state index contributed by atoms with van der Waals surface area (Å²) in [4.78, 5) is 22.8. The van der Waals surface area contributed by atoms with Gasteiger partial charge in [0.2, 0.25) is 5.91 Å². The minimum atomic E-state index is -1.01. The van der Waals surface area contributed by atoms with Crippen molar-refractivity contribution in [3.05, 3.63) is 47.3 Å². The van der Waals surface area contributed by atoms with Gasteiger partial charge < -0.3 is 15.7 Å². The molecule has 5 nitrogen and oxygen atoms in total. The molecule has 0 saturated carbocycles. The Morgan fingerprint density at radius 1 is 1.44 bits per heavy atom. The molecule has 2 aliphatic heterocycles. The maximum atomic E-state index is 11.7. The Kier molecular flexibility index (Phi) is 2.33. The van der Waals surface area contributed by atoms with Crippen molar-refractivity contribution in [2.24, 2.45) is 5.92 Å². The number of rotatable bonds is 1. The summed E-state index contributed by atoms with van der Waals surface area (Å²) in [6.45, 7) is 0. The molecule has 2 heterocycles. The topological polar surface area (TPSA) is 78.4 Å². The Morgan fingerprint density at radius 3 is 3.06 bits per heavy atom. The summed E-state index contributed by atoms with van der Waals surface area (Å²) in [5.41, 5.74) is 2.88. The summed E-state index contributed by atoms with van der Waals surface area (Å²) in [5.74, 6) is -1.36. The highest BCUT2D eigenvalue weighted by Crippen LogP contribution is 2.37. The highest BCUT2D eigenvalue weighted by molar-refractivity contribution is 5.93. The molecule has 3 N–H and O–H groups in total. The number of carboxylic acids is 1. The van der Waals surface area contributed by atoms with Crippen LogP contribution in [-0.4, -0.2) is 23.0 Å². The molecule has 0 bridgehead atoms. The molecule has 0 aromatic rings. The lowest BCUT2D eigenvalue weighted by molar-refractivity contribution is -0.141. The van der Waals surface area contributed by atoms with E-state index in [4.69, 9.17) is 5.11 Å².